The zero-order valence-corrected chi connectivity index (χ0v) is 13.8. The SMILES string of the molecule is Cc1ccc(C(=O)N2CCC(c3ccn4nccc4n3)CC2)s1. The minimum atomic E-state index is 0.167. The van der Waals surface area contributed by atoms with Gasteiger partial charge in [-0.2, -0.15) is 5.10 Å². The first-order valence-corrected chi connectivity index (χ1v) is 8.68. The van der Waals surface area contributed by atoms with Gasteiger partial charge in [0.25, 0.3) is 5.91 Å². The van der Waals surface area contributed by atoms with Gasteiger partial charge in [-0.1, -0.05) is 0 Å². The molecular weight excluding hydrogens is 308 g/mol. The lowest BCUT2D eigenvalue weighted by Gasteiger charge is -2.31. The van der Waals surface area contributed by atoms with E-state index in [9.17, 15) is 4.79 Å². The van der Waals surface area contributed by atoms with Gasteiger partial charge in [-0.3, -0.25) is 4.79 Å². The van der Waals surface area contributed by atoms with Crippen LogP contribution in [-0.2, 0) is 0 Å². The van der Waals surface area contributed by atoms with E-state index in [1.165, 1.54) is 4.88 Å². The van der Waals surface area contributed by atoms with E-state index in [1.54, 1.807) is 22.0 Å². The number of hydrogen-bond donors (Lipinski definition) is 0. The summed E-state index contributed by atoms with van der Waals surface area (Å²) in [5.74, 6) is 0.588. The van der Waals surface area contributed by atoms with Crippen molar-refractivity contribution in [1.29, 1.82) is 0 Å². The number of piperidine rings is 1. The van der Waals surface area contributed by atoms with Crippen LogP contribution in [0.1, 0.15) is 39.0 Å². The van der Waals surface area contributed by atoms with Gasteiger partial charge in [0, 0.05) is 41.8 Å². The molecule has 0 radical (unpaired) electrons. The van der Waals surface area contributed by atoms with E-state index < -0.39 is 0 Å². The summed E-state index contributed by atoms with van der Waals surface area (Å²) in [4.78, 5) is 21.2. The number of hydrogen-bond acceptors (Lipinski definition) is 4. The number of likely N-dealkylation sites (tertiary alicyclic amines) is 1. The summed E-state index contributed by atoms with van der Waals surface area (Å²) in [6.07, 6.45) is 5.65. The molecule has 0 saturated carbocycles. The number of amides is 1. The molecule has 1 aliphatic heterocycles. The Morgan fingerprint density at radius 3 is 2.78 bits per heavy atom. The van der Waals surface area contributed by atoms with Crippen LogP contribution < -0.4 is 0 Å². The third kappa shape index (κ3) is 2.74. The molecule has 0 spiro atoms. The van der Waals surface area contributed by atoms with Crippen molar-refractivity contribution < 1.29 is 4.79 Å². The van der Waals surface area contributed by atoms with E-state index >= 15 is 0 Å². The highest BCUT2D eigenvalue weighted by Gasteiger charge is 2.26. The van der Waals surface area contributed by atoms with Crippen LogP contribution in [0.2, 0.25) is 0 Å². The number of fused-ring (bicyclic) bond motifs is 1. The van der Waals surface area contributed by atoms with Crippen molar-refractivity contribution in [3.05, 3.63) is 52.1 Å². The minimum absolute atomic E-state index is 0.167. The summed E-state index contributed by atoms with van der Waals surface area (Å²) < 4.78 is 1.78. The fourth-order valence-corrected chi connectivity index (χ4v) is 3.97. The second-order valence-electron chi connectivity index (χ2n) is 5.96. The summed E-state index contributed by atoms with van der Waals surface area (Å²) in [5.41, 5.74) is 1.99. The van der Waals surface area contributed by atoms with Gasteiger partial charge in [-0.25, -0.2) is 9.50 Å². The smallest absolute Gasteiger partial charge is 0.263 e. The van der Waals surface area contributed by atoms with Gasteiger partial charge in [0.05, 0.1) is 11.1 Å². The molecule has 3 aromatic heterocycles. The summed E-state index contributed by atoms with van der Waals surface area (Å²) in [5, 5.41) is 4.18. The molecule has 0 aromatic carbocycles. The Balaban J connectivity index is 1.45. The topological polar surface area (TPSA) is 50.5 Å². The summed E-state index contributed by atoms with van der Waals surface area (Å²) in [6.45, 7) is 3.63. The second-order valence-corrected chi connectivity index (χ2v) is 7.25. The van der Waals surface area contributed by atoms with E-state index in [4.69, 9.17) is 0 Å². The van der Waals surface area contributed by atoms with Crippen LogP contribution in [0.5, 0.6) is 0 Å². The normalized spacial score (nSPS) is 16.1. The summed E-state index contributed by atoms with van der Waals surface area (Å²) in [6, 6.07) is 7.91. The van der Waals surface area contributed by atoms with Crippen LogP contribution in [0.25, 0.3) is 5.65 Å². The standard InChI is InChI=1S/C17H18N4OS/c1-12-2-3-15(23-12)17(22)20-9-5-13(6-10-20)14-7-11-21-16(19-14)4-8-18-21/h2-4,7-8,11,13H,5-6,9-10H2,1H3. The van der Waals surface area contributed by atoms with Gasteiger partial charge in [0.2, 0.25) is 0 Å². The number of nitrogens with zero attached hydrogens (tertiary/aromatic N) is 4. The van der Waals surface area contributed by atoms with Crippen LogP contribution >= 0.6 is 11.3 Å². The number of aromatic nitrogens is 3. The fourth-order valence-electron chi connectivity index (χ4n) is 3.14. The van der Waals surface area contributed by atoms with Crippen LogP contribution in [0, 0.1) is 6.92 Å². The molecular formula is C17H18N4OS. The Hall–Kier alpha value is -2.21. The van der Waals surface area contributed by atoms with E-state index in [2.05, 4.69) is 10.1 Å². The highest BCUT2D eigenvalue weighted by atomic mass is 32.1. The van der Waals surface area contributed by atoms with Crippen molar-refractivity contribution >= 4 is 22.9 Å². The molecule has 6 heteroatoms. The molecule has 0 N–H and O–H groups in total. The van der Waals surface area contributed by atoms with Gasteiger partial charge < -0.3 is 4.90 Å². The number of carbonyl (C=O) groups is 1. The van der Waals surface area contributed by atoms with Gasteiger partial charge in [-0.15, -0.1) is 11.3 Å². The maximum Gasteiger partial charge on any atom is 0.263 e. The van der Waals surface area contributed by atoms with E-state index in [-0.39, 0.29) is 5.91 Å². The molecule has 0 aliphatic carbocycles. The zero-order chi connectivity index (χ0) is 15.8. The van der Waals surface area contributed by atoms with E-state index in [1.807, 2.05) is 42.3 Å². The fraction of sp³-hybridized carbons (Fsp3) is 0.353. The first-order valence-electron chi connectivity index (χ1n) is 7.87. The summed E-state index contributed by atoms with van der Waals surface area (Å²) >= 11 is 1.58. The molecule has 4 heterocycles. The molecule has 0 atom stereocenters. The molecule has 0 bridgehead atoms. The van der Waals surface area contributed by atoms with Gasteiger partial charge >= 0.3 is 0 Å². The Morgan fingerprint density at radius 2 is 2.04 bits per heavy atom. The third-order valence-corrected chi connectivity index (χ3v) is 5.42. The molecule has 118 valence electrons. The van der Waals surface area contributed by atoms with Gasteiger partial charge in [-0.05, 0) is 38.0 Å². The monoisotopic (exact) mass is 326 g/mol. The first-order chi connectivity index (χ1) is 11.2. The van der Waals surface area contributed by atoms with Crippen molar-refractivity contribution in [3.63, 3.8) is 0 Å². The zero-order valence-electron chi connectivity index (χ0n) is 13.0. The molecule has 23 heavy (non-hydrogen) atoms. The largest absolute Gasteiger partial charge is 0.338 e. The lowest BCUT2D eigenvalue weighted by Crippen LogP contribution is -2.37. The Labute approximate surface area is 138 Å². The molecule has 1 saturated heterocycles. The van der Waals surface area contributed by atoms with Crippen molar-refractivity contribution in [2.75, 3.05) is 13.1 Å². The minimum Gasteiger partial charge on any atom is -0.338 e. The Morgan fingerprint density at radius 1 is 1.22 bits per heavy atom. The molecule has 5 nitrogen and oxygen atoms in total. The first kappa shape index (κ1) is 14.4. The average molecular weight is 326 g/mol. The van der Waals surface area contributed by atoms with E-state index in [0.717, 1.165) is 42.1 Å². The molecule has 1 amide bonds. The van der Waals surface area contributed by atoms with Gasteiger partial charge in [0.15, 0.2) is 5.65 Å². The summed E-state index contributed by atoms with van der Waals surface area (Å²) in [7, 11) is 0. The van der Waals surface area contributed by atoms with Crippen LogP contribution in [0.4, 0.5) is 0 Å². The molecule has 3 aromatic rings. The van der Waals surface area contributed by atoms with Crippen LogP contribution in [0.3, 0.4) is 0 Å². The third-order valence-electron chi connectivity index (χ3n) is 4.43. The number of thiophene rings is 1. The van der Waals surface area contributed by atoms with Gasteiger partial charge in [0.1, 0.15) is 0 Å². The molecule has 4 rings (SSSR count). The van der Waals surface area contributed by atoms with Crippen molar-refractivity contribution in [2.24, 2.45) is 0 Å². The second kappa shape index (κ2) is 5.77. The maximum atomic E-state index is 12.5. The lowest BCUT2D eigenvalue weighted by molar-refractivity contribution is 0.0717. The molecule has 0 unspecified atom stereocenters. The maximum absolute atomic E-state index is 12.5. The number of aryl methyl sites for hydroxylation is 1. The van der Waals surface area contributed by atoms with Crippen molar-refractivity contribution in [1.82, 2.24) is 19.5 Å². The predicted octanol–water partition coefficient (Wildman–Crippen LogP) is 3.12. The Bertz CT molecular complexity index is 845. The molecule has 1 aliphatic rings. The highest BCUT2D eigenvalue weighted by molar-refractivity contribution is 7.13. The van der Waals surface area contributed by atoms with Crippen LogP contribution in [-0.4, -0.2) is 38.5 Å². The quantitative estimate of drug-likeness (QED) is 0.727. The highest BCUT2D eigenvalue weighted by Crippen LogP contribution is 2.28. The Kier molecular flexibility index (Phi) is 3.61. The van der Waals surface area contributed by atoms with Crippen molar-refractivity contribution in [2.45, 2.75) is 25.7 Å². The number of carbonyl (C=O) groups excluding carboxylic acids is 1. The average Bonchev–Trinajstić information content (AvgIpc) is 3.22. The lowest BCUT2D eigenvalue weighted by atomic mass is 9.93. The predicted molar refractivity (Wildman–Crippen MR) is 89.9 cm³/mol. The van der Waals surface area contributed by atoms with E-state index in [0.29, 0.717) is 5.92 Å². The number of rotatable bonds is 2. The molecule has 1 fully saturated rings. The van der Waals surface area contributed by atoms with Crippen molar-refractivity contribution in [3.8, 4) is 0 Å². The van der Waals surface area contributed by atoms with Crippen LogP contribution in [0.15, 0.2) is 36.7 Å².